The zero-order valence-electron chi connectivity index (χ0n) is 15.4. The Morgan fingerprint density at radius 3 is 2.46 bits per heavy atom. The number of hydrogen-bond donors (Lipinski definition) is 1. The van der Waals surface area contributed by atoms with E-state index in [0.29, 0.717) is 54.9 Å². The Hall–Kier alpha value is -2.13. The fourth-order valence-corrected chi connectivity index (χ4v) is 4.41. The molecule has 28 heavy (non-hydrogen) atoms. The topological polar surface area (TPSA) is 84.9 Å². The molecule has 0 spiro atoms. The number of nitrogens with one attached hydrogen (secondary N) is 1. The zero-order valence-corrected chi connectivity index (χ0v) is 16.9. The van der Waals surface area contributed by atoms with Crippen molar-refractivity contribution in [3.05, 3.63) is 53.1 Å². The summed E-state index contributed by atoms with van der Waals surface area (Å²) in [7, 11) is -3.57. The fraction of sp³-hybridized carbons (Fsp3) is 0.316. The highest BCUT2D eigenvalue weighted by molar-refractivity contribution is 7.89. The van der Waals surface area contributed by atoms with E-state index in [0.717, 1.165) is 0 Å². The van der Waals surface area contributed by atoms with Gasteiger partial charge in [-0.25, -0.2) is 8.42 Å². The molecule has 150 valence electrons. The minimum absolute atomic E-state index is 0.177. The van der Waals surface area contributed by atoms with Crippen LogP contribution >= 0.6 is 11.6 Å². The maximum atomic E-state index is 12.6. The van der Waals surface area contributed by atoms with Gasteiger partial charge >= 0.3 is 0 Å². The lowest BCUT2D eigenvalue weighted by atomic mass is 10.2. The third-order valence-electron chi connectivity index (χ3n) is 4.21. The maximum Gasteiger partial charge on any atom is 0.255 e. The van der Waals surface area contributed by atoms with Crippen molar-refractivity contribution in [1.82, 2.24) is 4.31 Å². The summed E-state index contributed by atoms with van der Waals surface area (Å²) in [4.78, 5) is 12.6. The monoisotopic (exact) mass is 424 g/mol. The number of carbonyl (C=O) groups excluding carboxylic acids is 1. The van der Waals surface area contributed by atoms with E-state index >= 15 is 0 Å². The predicted molar refractivity (Wildman–Crippen MR) is 107 cm³/mol. The second-order valence-electron chi connectivity index (χ2n) is 6.07. The van der Waals surface area contributed by atoms with Gasteiger partial charge in [0, 0.05) is 24.3 Å². The van der Waals surface area contributed by atoms with E-state index in [9.17, 15) is 13.2 Å². The van der Waals surface area contributed by atoms with E-state index in [-0.39, 0.29) is 10.8 Å². The first kappa shape index (κ1) is 20.6. The first-order valence-electron chi connectivity index (χ1n) is 8.83. The third-order valence-corrected chi connectivity index (χ3v) is 6.42. The van der Waals surface area contributed by atoms with Crippen LogP contribution < -0.4 is 10.1 Å². The Morgan fingerprint density at radius 2 is 1.86 bits per heavy atom. The molecule has 0 unspecified atom stereocenters. The van der Waals surface area contributed by atoms with Gasteiger partial charge < -0.3 is 14.8 Å². The molecule has 1 N–H and O–H groups in total. The van der Waals surface area contributed by atoms with E-state index in [1.807, 2.05) is 6.92 Å². The summed E-state index contributed by atoms with van der Waals surface area (Å²) in [5.74, 6) is 0.159. The number of amides is 1. The number of ether oxygens (including phenoxy) is 2. The number of halogens is 1. The highest BCUT2D eigenvalue weighted by Crippen LogP contribution is 2.26. The van der Waals surface area contributed by atoms with Crippen molar-refractivity contribution in [3.63, 3.8) is 0 Å². The predicted octanol–water partition coefficient (Wildman–Crippen LogP) is 3.01. The van der Waals surface area contributed by atoms with Gasteiger partial charge in [-0.3, -0.25) is 4.79 Å². The molecule has 2 aromatic carbocycles. The minimum Gasteiger partial charge on any atom is -0.492 e. The number of nitrogens with zero attached hydrogens (tertiary/aromatic N) is 1. The number of sulfonamides is 1. The standard InChI is InChI=1S/C19H21ClN2O5S/c1-2-27-18-8-3-14(13-17(18)20)19(23)21-15-4-6-16(7-5-15)28(24,25)22-9-11-26-12-10-22/h3-8,13H,2,9-12H2,1H3,(H,21,23). The molecule has 0 aliphatic carbocycles. The van der Waals surface area contributed by atoms with Crippen LogP contribution in [0.5, 0.6) is 5.75 Å². The van der Waals surface area contributed by atoms with Gasteiger partial charge in [0.1, 0.15) is 5.75 Å². The number of carbonyl (C=O) groups is 1. The van der Waals surface area contributed by atoms with Crippen LogP contribution in [-0.2, 0) is 14.8 Å². The van der Waals surface area contributed by atoms with Crippen molar-refractivity contribution in [1.29, 1.82) is 0 Å². The highest BCUT2D eigenvalue weighted by atomic mass is 35.5. The second kappa shape index (κ2) is 8.91. The largest absolute Gasteiger partial charge is 0.492 e. The van der Waals surface area contributed by atoms with Crippen LogP contribution in [0.1, 0.15) is 17.3 Å². The quantitative estimate of drug-likeness (QED) is 0.770. The molecular formula is C19H21ClN2O5S. The second-order valence-corrected chi connectivity index (χ2v) is 8.42. The lowest BCUT2D eigenvalue weighted by Crippen LogP contribution is -2.40. The van der Waals surface area contributed by atoms with Crippen LogP contribution in [-0.4, -0.2) is 51.5 Å². The highest BCUT2D eigenvalue weighted by Gasteiger charge is 2.26. The summed E-state index contributed by atoms with van der Waals surface area (Å²) in [6.07, 6.45) is 0. The van der Waals surface area contributed by atoms with Crippen molar-refractivity contribution < 1.29 is 22.7 Å². The van der Waals surface area contributed by atoms with E-state index < -0.39 is 10.0 Å². The summed E-state index contributed by atoms with van der Waals surface area (Å²) in [6, 6.07) is 10.8. The molecule has 1 saturated heterocycles. The van der Waals surface area contributed by atoms with Gasteiger partial charge in [0.15, 0.2) is 0 Å². The van der Waals surface area contributed by atoms with Gasteiger partial charge in [0.25, 0.3) is 5.91 Å². The Bertz CT molecular complexity index is 941. The Kier molecular flexibility index (Phi) is 6.56. The number of rotatable bonds is 6. The molecule has 7 nitrogen and oxygen atoms in total. The molecule has 9 heteroatoms. The summed E-state index contributed by atoms with van der Waals surface area (Å²) >= 11 is 6.11. The number of anilines is 1. The Morgan fingerprint density at radius 1 is 1.18 bits per heavy atom. The molecule has 1 fully saturated rings. The summed E-state index contributed by atoms with van der Waals surface area (Å²) in [6.45, 7) is 3.76. The molecule has 0 saturated carbocycles. The zero-order chi connectivity index (χ0) is 20.1. The summed E-state index contributed by atoms with van der Waals surface area (Å²) < 4.78 is 37.2. The normalized spacial score (nSPS) is 15.2. The lowest BCUT2D eigenvalue weighted by Gasteiger charge is -2.26. The molecule has 1 heterocycles. The van der Waals surface area contributed by atoms with E-state index in [1.165, 1.54) is 22.5 Å². The lowest BCUT2D eigenvalue weighted by molar-refractivity contribution is 0.0730. The molecule has 1 amide bonds. The van der Waals surface area contributed by atoms with Crippen LogP contribution in [0.15, 0.2) is 47.4 Å². The van der Waals surface area contributed by atoms with Gasteiger partial charge in [-0.15, -0.1) is 0 Å². The fourth-order valence-electron chi connectivity index (χ4n) is 2.76. The average Bonchev–Trinajstić information content (AvgIpc) is 2.70. The van der Waals surface area contributed by atoms with Crippen LogP contribution in [0.25, 0.3) is 0 Å². The van der Waals surface area contributed by atoms with Gasteiger partial charge in [-0.1, -0.05) is 11.6 Å². The molecule has 0 atom stereocenters. The first-order valence-corrected chi connectivity index (χ1v) is 10.7. The van der Waals surface area contributed by atoms with Crippen LogP contribution in [0.2, 0.25) is 5.02 Å². The molecular weight excluding hydrogens is 404 g/mol. The molecule has 2 aromatic rings. The summed E-state index contributed by atoms with van der Waals surface area (Å²) in [5, 5.41) is 3.08. The van der Waals surface area contributed by atoms with Crippen LogP contribution in [0.4, 0.5) is 5.69 Å². The van der Waals surface area contributed by atoms with Crippen LogP contribution in [0.3, 0.4) is 0 Å². The van der Waals surface area contributed by atoms with Gasteiger partial charge in [0.2, 0.25) is 10.0 Å². The van der Waals surface area contributed by atoms with Crippen molar-refractivity contribution in [2.24, 2.45) is 0 Å². The van der Waals surface area contributed by atoms with Gasteiger partial charge in [-0.05, 0) is 49.4 Å². The third kappa shape index (κ3) is 4.64. The van der Waals surface area contributed by atoms with Crippen molar-refractivity contribution in [2.45, 2.75) is 11.8 Å². The smallest absolute Gasteiger partial charge is 0.255 e. The summed E-state index contributed by atoms with van der Waals surface area (Å²) in [5.41, 5.74) is 0.856. The Labute approximate surface area is 169 Å². The first-order chi connectivity index (χ1) is 13.4. The van der Waals surface area contributed by atoms with Crippen molar-refractivity contribution in [3.8, 4) is 5.75 Å². The van der Waals surface area contributed by atoms with Crippen molar-refractivity contribution >= 4 is 33.2 Å². The Balaban J connectivity index is 1.70. The van der Waals surface area contributed by atoms with Crippen molar-refractivity contribution in [2.75, 3.05) is 38.2 Å². The molecule has 1 aliphatic rings. The molecule has 3 rings (SSSR count). The van der Waals surface area contributed by atoms with Gasteiger partial charge in [0.05, 0.1) is 29.7 Å². The van der Waals surface area contributed by atoms with E-state index in [4.69, 9.17) is 21.1 Å². The maximum absolute atomic E-state index is 12.6. The SMILES string of the molecule is CCOc1ccc(C(=O)Nc2ccc(S(=O)(=O)N3CCOCC3)cc2)cc1Cl. The van der Waals surface area contributed by atoms with Crippen LogP contribution in [0, 0.1) is 0 Å². The van der Waals surface area contributed by atoms with Gasteiger partial charge in [-0.2, -0.15) is 4.31 Å². The number of morpholine rings is 1. The molecule has 0 bridgehead atoms. The number of hydrogen-bond acceptors (Lipinski definition) is 5. The molecule has 0 aromatic heterocycles. The molecule has 1 aliphatic heterocycles. The van der Waals surface area contributed by atoms with E-state index in [2.05, 4.69) is 5.32 Å². The molecule has 0 radical (unpaired) electrons. The van der Waals surface area contributed by atoms with E-state index in [1.54, 1.807) is 24.3 Å². The minimum atomic E-state index is -3.57. The average molecular weight is 425 g/mol. The number of benzene rings is 2.